The first-order chi connectivity index (χ1) is 8.56. The van der Waals surface area contributed by atoms with Crippen molar-refractivity contribution >= 4 is 23.2 Å². The Labute approximate surface area is 107 Å². The van der Waals surface area contributed by atoms with Crippen LogP contribution in [0, 0.1) is 0 Å². The number of nitrogens with one attached hydrogen (secondary N) is 2. The lowest BCUT2D eigenvalue weighted by atomic mass is 10.2. The first kappa shape index (κ1) is 14.0. The van der Waals surface area contributed by atoms with Crippen LogP contribution in [0.25, 0.3) is 0 Å². The molecule has 0 fully saturated rings. The van der Waals surface area contributed by atoms with E-state index >= 15 is 0 Å². The molecule has 0 atom stereocenters. The van der Waals surface area contributed by atoms with Gasteiger partial charge in [0.15, 0.2) is 0 Å². The molecule has 0 aliphatic rings. The van der Waals surface area contributed by atoms with E-state index < -0.39 is 0 Å². The summed E-state index contributed by atoms with van der Waals surface area (Å²) in [7, 11) is 1.52. The second-order valence-corrected chi connectivity index (χ2v) is 3.89. The van der Waals surface area contributed by atoms with E-state index in [1.807, 2.05) is 6.92 Å². The normalized spacial score (nSPS) is 9.72. The molecule has 0 radical (unpaired) electrons. The molecule has 0 heterocycles. The molecular formula is C13H18N2O3. The number of anilines is 2. The number of methoxy groups -OCH3 is 1. The molecule has 5 heteroatoms. The van der Waals surface area contributed by atoms with Crippen LogP contribution in [0.1, 0.15) is 26.7 Å². The van der Waals surface area contributed by atoms with Gasteiger partial charge in [0.25, 0.3) is 0 Å². The minimum absolute atomic E-state index is 0.0450. The Morgan fingerprint density at radius 2 is 2.00 bits per heavy atom. The average Bonchev–Trinajstić information content (AvgIpc) is 2.28. The summed E-state index contributed by atoms with van der Waals surface area (Å²) in [5, 5.41) is 5.42. The molecule has 0 aromatic heterocycles. The van der Waals surface area contributed by atoms with E-state index in [-0.39, 0.29) is 11.8 Å². The van der Waals surface area contributed by atoms with Crippen molar-refractivity contribution in [2.75, 3.05) is 17.7 Å². The molecule has 0 spiro atoms. The second-order valence-electron chi connectivity index (χ2n) is 3.89. The fourth-order valence-electron chi connectivity index (χ4n) is 1.52. The van der Waals surface area contributed by atoms with Crippen LogP contribution in [0.5, 0.6) is 5.75 Å². The first-order valence-corrected chi connectivity index (χ1v) is 5.82. The molecule has 0 aliphatic carbocycles. The highest BCUT2D eigenvalue weighted by atomic mass is 16.5. The van der Waals surface area contributed by atoms with Gasteiger partial charge in [0, 0.05) is 19.0 Å². The van der Waals surface area contributed by atoms with Gasteiger partial charge in [-0.25, -0.2) is 0 Å². The third kappa shape index (κ3) is 4.08. The molecule has 0 saturated heterocycles. The minimum atomic E-state index is -0.190. The van der Waals surface area contributed by atoms with E-state index in [1.165, 1.54) is 14.0 Å². The molecule has 5 nitrogen and oxygen atoms in total. The fourth-order valence-corrected chi connectivity index (χ4v) is 1.52. The largest absolute Gasteiger partial charge is 0.495 e. The van der Waals surface area contributed by atoms with E-state index in [0.717, 1.165) is 6.42 Å². The highest BCUT2D eigenvalue weighted by molar-refractivity contribution is 5.94. The van der Waals surface area contributed by atoms with Crippen LogP contribution in [-0.2, 0) is 9.59 Å². The Bertz CT molecular complexity index is 444. The van der Waals surface area contributed by atoms with Gasteiger partial charge in [-0.15, -0.1) is 0 Å². The molecule has 1 aromatic rings. The van der Waals surface area contributed by atoms with Crippen LogP contribution in [-0.4, -0.2) is 18.9 Å². The summed E-state index contributed by atoms with van der Waals surface area (Å²) in [6.07, 6.45) is 1.27. The zero-order valence-corrected chi connectivity index (χ0v) is 10.9. The van der Waals surface area contributed by atoms with Crippen LogP contribution in [0.15, 0.2) is 18.2 Å². The summed E-state index contributed by atoms with van der Waals surface area (Å²) in [5.74, 6) is 0.320. The maximum absolute atomic E-state index is 11.5. The van der Waals surface area contributed by atoms with E-state index in [4.69, 9.17) is 4.74 Å². The highest BCUT2D eigenvalue weighted by Gasteiger charge is 2.07. The number of amides is 2. The average molecular weight is 250 g/mol. The standard InChI is InChI=1S/C13H18N2O3/c1-4-5-13(17)15-10-6-7-12(18-3)11(8-10)14-9(2)16/h6-8H,4-5H2,1-3H3,(H,14,16)(H,15,17). The van der Waals surface area contributed by atoms with Gasteiger partial charge in [0.1, 0.15) is 5.75 Å². The molecule has 18 heavy (non-hydrogen) atoms. The smallest absolute Gasteiger partial charge is 0.224 e. The lowest BCUT2D eigenvalue weighted by molar-refractivity contribution is -0.116. The van der Waals surface area contributed by atoms with E-state index in [0.29, 0.717) is 23.5 Å². The summed E-state index contributed by atoms with van der Waals surface area (Å²) >= 11 is 0. The summed E-state index contributed by atoms with van der Waals surface area (Å²) in [6, 6.07) is 5.11. The Hall–Kier alpha value is -2.04. The Kier molecular flexibility index (Phi) is 5.17. The zero-order chi connectivity index (χ0) is 13.5. The second kappa shape index (κ2) is 6.64. The van der Waals surface area contributed by atoms with Crippen molar-refractivity contribution in [3.63, 3.8) is 0 Å². The Morgan fingerprint density at radius 3 is 2.56 bits per heavy atom. The van der Waals surface area contributed by atoms with Crippen molar-refractivity contribution in [3.05, 3.63) is 18.2 Å². The molecule has 0 unspecified atom stereocenters. The van der Waals surface area contributed by atoms with Gasteiger partial charge < -0.3 is 15.4 Å². The predicted octanol–water partition coefficient (Wildman–Crippen LogP) is 2.39. The zero-order valence-electron chi connectivity index (χ0n) is 10.9. The predicted molar refractivity (Wildman–Crippen MR) is 70.8 cm³/mol. The number of carbonyl (C=O) groups is 2. The number of carbonyl (C=O) groups excluding carboxylic acids is 2. The summed E-state index contributed by atoms with van der Waals surface area (Å²) in [4.78, 5) is 22.5. The molecule has 0 bridgehead atoms. The molecule has 98 valence electrons. The van der Waals surface area contributed by atoms with Crippen LogP contribution in [0.2, 0.25) is 0 Å². The number of benzene rings is 1. The number of rotatable bonds is 5. The molecule has 1 rings (SSSR count). The minimum Gasteiger partial charge on any atom is -0.495 e. The molecule has 2 amide bonds. The highest BCUT2D eigenvalue weighted by Crippen LogP contribution is 2.27. The third-order valence-electron chi connectivity index (χ3n) is 2.27. The van der Waals surface area contributed by atoms with Gasteiger partial charge >= 0.3 is 0 Å². The maximum atomic E-state index is 11.5. The quantitative estimate of drug-likeness (QED) is 0.843. The first-order valence-electron chi connectivity index (χ1n) is 5.82. The van der Waals surface area contributed by atoms with E-state index in [9.17, 15) is 9.59 Å². The third-order valence-corrected chi connectivity index (χ3v) is 2.27. The molecular weight excluding hydrogens is 232 g/mol. The van der Waals surface area contributed by atoms with Crippen molar-refractivity contribution in [2.24, 2.45) is 0 Å². The van der Waals surface area contributed by atoms with Crippen molar-refractivity contribution in [2.45, 2.75) is 26.7 Å². The van der Waals surface area contributed by atoms with Crippen LogP contribution < -0.4 is 15.4 Å². The lowest BCUT2D eigenvalue weighted by Gasteiger charge is -2.11. The Balaban J connectivity index is 2.88. The SMILES string of the molecule is CCCC(=O)Nc1ccc(OC)c(NC(C)=O)c1. The summed E-state index contributed by atoms with van der Waals surface area (Å²) < 4.78 is 5.13. The van der Waals surface area contributed by atoms with E-state index in [1.54, 1.807) is 18.2 Å². The van der Waals surface area contributed by atoms with Gasteiger partial charge in [0.2, 0.25) is 11.8 Å². The maximum Gasteiger partial charge on any atom is 0.224 e. The molecule has 1 aromatic carbocycles. The van der Waals surface area contributed by atoms with Gasteiger partial charge in [-0.1, -0.05) is 6.92 Å². The van der Waals surface area contributed by atoms with Crippen molar-refractivity contribution in [1.29, 1.82) is 0 Å². The van der Waals surface area contributed by atoms with E-state index in [2.05, 4.69) is 10.6 Å². The van der Waals surface area contributed by atoms with Crippen LogP contribution in [0.3, 0.4) is 0 Å². The number of hydrogen-bond acceptors (Lipinski definition) is 3. The number of hydrogen-bond donors (Lipinski definition) is 2. The fraction of sp³-hybridized carbons (Fsp3) is 0.385. The van der Waals surface area contributed by atoms with Crippen LogP contribution >= 0.6 is 0 Å². The molecule has 0 saturated carbocycles. The van der Waals surface area contributed by atoms with Crippen molar-refractivity contribution in [3.8, 4) is 5.75 Å². The molecule has 0 aliphatic heterocycles. The lowest BCUT2D eigenvalue weighted by Crippen LogP contribution is -2.12. The Morgan fingerprint density at radius 1 is 1.28 bits per heavy atom. The van der Waals surface area contributed by atoms with Crippen LogP contribution in [0.4, 0.5) is 11.4 Å². The number of ether oxygens (including phenoxy) is 1. The van der Waals surface area contributed by atoms with Crippen molar-refractivity contribution in [1.82, 2.24) is 0 Å². The van der Waals surface area contributed by atoms with Gasteiger partial charge in [-0.3, -0.25) is 9.59 Å². The summed E-state index contributed by atoms with van der Waals surface area (Å²) in [6.45, 7) is 3.36. The van der Waals surface area contributed by atoms with Crippen molar-refractivity contribution < 1.29 is 14.3 Å². The van der Waals surface area contributed by atoms with Gasteiger partial charge in [-0.2, -0.15) is 0 Å². The van der Waals surface area contributed by atoms with Gasteiger partial charge in [0.05, 0.1) is 12.8 Å². The molecule has 2 N–H and O–H groups in total. The summed E-state index contributed by atoms with van der Waals surface area (Å²) in [5.41, 5.74) is 1.18. The topological polar surface area (TPSA) is 67.4 Å². The van der Waals surface area contributed by atoms with Gasteiger partial charge in [-0.05, 0) is 24.6 Å². The monoisotopic (exact) mass is 250 g/mol.